The van der Waals surface area contributed by atoms with E-state index < -0.39 is 5.97 Å². The van der Waals surface area contributed by atoms with Gasteiger partial charge in [0.05, 0.1) is 5.52 Å². The first-order chi connectivity index (χ1) is 10.0. The number of nitrogens with one attached hydrogen (secondary N) is 1. The number of thiophene rings is 1. The topological polar surface area (TPSA) is 85.2 Å². The number of esters is 1. The summed E-state index contributed by atoms with van der Waals surface area (Å²) < 4.78 is 11.0. The molecule has 21 heavy (non-hydrogen) atoms. The van der Waals surface area contributed by atoms with E-state index in [1.165, 1.54) is 11.3 Å². The van der Waals surface area contributed by atoms with Gasteiger partial charge >= 0.3 is 5.97 Å². The number of rotatable bonds is 3. The van der Waals surface area contributed by atoms with Gasteiger partial charge in [0.15, 0.2) is 0 Å². The van der Waals surface area contributed by atoms with Crippen molar-refractivity contribution in [3.63, 3.8) is 0 Å². The summed E-state index contributed by atoms with van der Waals surface area (Å²) in [5.74, 6) is 0.965. The molecule has 0 unspecified atom stereocenters. The van der Waals surface area contributed by atoms with Crippen molar-refractivity contribution in [1.82, 2.24) is 9.97 Å². The van der Waals surface area contributed by atoms with Crippen LogP contribution < -0.4 is 5.56 Å². The molecular weight excluding hydrogens is 292 g/mol. The number of ether oxygens (including phenoxy) is 1. The lowest BCUT2D eigenvalue weighted by Gasteiger charge is -2.03. The SMILES string of the molecule is Cc1cc(C(=O)OCc2nc3ccsc3c(=O)[nH]2)c(C)o1. The third-order valence-electron chi connectivity index (χ3n) is 2.96. The first-order valence-electron chi connectivity index (χ1n) is 6.25. The van der Waals surface area contributed by atoms with E-state index >= 15 is 0 Å². The highest BCUT2D eigenvalue weighted by Crippen LogP contribution is 2.16. The maximum absolute atomic E-state index is 12.0. The molecule has 7 heteroatoms. The van der Waals surface area contributed by atoms with Crippen LogP contribution in [0.4, 0.5) is 0 Å². The highest BCUT2D eigenvalue weighted by Gasteiger charge is 2.15. The monoisotopic (exact) mass is 304 g/mol. The average Bonchev–Trinajstić information content (AvgIpc) is 3.02. The van der Waals surface area contributed by atoms with E-state index in [0.717, 1.165) is 0 Å². The van der Waals surface area contributed by atoms with Gasteiger partial charge in [-0.1, -0.05) is 0 Å². The Hall–Kier alpha value is -2.41. The van der Waals surface area contributed by atoms with Gasteiger partial charge in [0.25, 0.3) is 5.56 Å². The molecule has 0 aliphatic rings. The van der Waals surface area contributed by atoms with Crippen LogP contribution in [-0.4, -0.2) is 15.9 Å². The zero-order chi connectivity index (χ0) is 15.0. The molecule has 3 aromatic rings. The molecule has 0 spiro atoms. The van der Waals surface area contributed by atoms with E-state index in [1.54, 1.807) is 31.4 Å². The van der Waals surface area contributed by atoms with Crippen LogP contribution in [0.2, 0.25) is 0 Å². The number of hydrogen-bond acceptors (Lipinski definition) is 6. The second kappa shape index (κ2) is 5.17. The number of furan rings is 1. The lowest BCUT2D eigenvalue weighted by atomic mass is 10.2. The number of fused-ring (bicyclic) bond motifs is 1. The summed E-state index contributed by atoms with van der Waals surface area (Å²) in [6, 6.07) is 3.38. The number of hydrogen-bond donors (Lipinski definition) is 1. The van der Waals surface area contributed by atoms with Crippen molar-refractivity contribution >= 4 is 27.5 Å². The van der Waals surface area contributed by atoms with Gasteiger partial charge in [-0.25, -0.2) is 9.78 Å². The Morgan fingerprint density at radius 2 is 2.29 bits per heavy atom. The summed E-state index contributed by atoms with van der Waals surface area (Å²) >= 11 is 1.32. The molecule has 6 nitrogen and oxygen atoms in total. The van der Waals surface area contributed by atoms with Crippen molar-refractivity contribution in [2.45, 2.75) is 20.5 Å². The number of aromatic nitrogens is 2. The van der Waals surface area contributed by atoms with Crippen LogP contribution in [0.1, 0.15) is 27.7 Å². The molecule has 0 amide bonds. The molecule has 0 atom stereocenters. The van der Waals surface area contributed by atoms with E-state index in [0.29, 0.717) is 33.1 Å². The van der Waals surface area contributed by atoms with Crippen LogP contribution in [0, 0.1) is 13.8 Å². The molecule has 0 aromatic carbocycles. The van der Waals surface area contributed by atoms with Crippen LogP contribution >= 0.6 is 11.3 Å². The number of carbonyl (C=O) groups is 1. The summed E-state index contributed by atoms with van der Waals surface area (Å²) in [6.07, 6.45) is 0. The largest absolute Gasteiger partial charge is 0.466 e. The van der Waals surface area contributed by atoms with Gasteiger partial charge in [-0.05, 0) is 31.4 Å². The average molecular weight is 304 g/mol. The Morgan fingerprint density at radius 3 is 3.00 bits per heavy atom. The fourth-order valence-electron chi connectivity index (χ4n) is 2.04. The minimum absolute atomic E-state index is 0.0937. The Labute approximate surface area is 123 Å². The van der Waals surface area contributed by atoms with E-state index in [9.17, 15) is 9.59 Å². The predicted octanol–water partition coefficient (Wildman–Crippen LogP) is 2.55. The standard InChI is InChI=1S/C14H12N2O4S/c1-7-5-9(8(2)20-7)14(18)19-6-11-15-10-3-4-21-12(10)13(17)16-11/h3-5H,6H2,1-2H3,(H,15,16,17). The summed E-state index contributed by atoms with van der Waals surface area (Å²) in [7, 11) is 0. The lowest BCUT2D eigenvalue weighted by Crippen LogP contribution is -2.13. The first-order valence-corrected chi connectivity index (χ1v) is 7.13. The molecule has 0 saturated carbocycles. The van der Waals surface area contributed by atoms with Gasteiger partial charge in [-0.2, -0.15) is 0 Å². The molecule has 0 fully saturated rings. The van der Waals surface area contributed by atoms with Gasteiger partial charge in [-0.15, -0.1) is 11.3 Å². The number of H-pyrrole nitrogens is 1. The number of aryl methyl sites for hydroxylation is 2. The highest BCUT2D eigenvalue weighted by atomic mass is 32.1. The zero-order valence-electron chi connectivity index (χ0n) is 11.4. The Morgan fingerprint density at radius 1 is 1.48 bits per heavy atom. The predicted molar refractivity (Wildman–Crippen MR) is 77.5 cm³/mol. The van der Waals surface area contributed by atoms with Crippen LogP contribution in [-0.2, 0) is 11.3 Å². The molecule has 0 aliphatic carbocycles. The second-order valence-corrected chi connectivity index (χ2v) is 5.47. The fourth-order valence-corrected chi connectivity index (χ4v) is 2.76. The smallest absolute Gasteiger partial charge is 0.342 e. The molecule has 0 saturated heterocycles. The van der Waals surface area contributed by atoms with E-state index in [-0.39, 0.29) is 12.2 Å². The molecule has 0 aliphatic heterocycles. The van der Waals surface area contributed by atoms with Crippen molar-refractivity contribution in [3.05, 3.63) is 50.8 Å². The third kappa shape index (κ3) is 2.59. The van der Waals surface area contributed by atoms with Crippen molar-refractivity contribution < 1.29 is 13.9 Å². The minimum Gasteiger partial charge on any atom is -0.466 e. The minimum atomic E-state index is -0.502. The molecule has 3 rings (SSSR count). The Kier molecular flexibility index (Phi) is 3.34. The van der Waals surface area contributed by atoms with Gasteiger partial charge < -0.3 is 14.1 Å². The maximum Gasteiger partial charge on any atom is 0.342 e. The number of aromatic amines is 1. The molecule has 0 radical (unpaired) electrons. The maximum atomic E-state index is 12.0. The Bertz CT molecular complexity index is 875. The molecule has 3 heterocycles. The molecular formula is C14H12N2O4S. The van der Waals surface area contributed by atoms with E-state index in [2.05, 4.69) is 9.97 Å². The summed E-state index contributed by atoms with van der Waals surface area (Å²) in [5.41, 5.74) is 0.757. The van der Waals surface area contributed by atoms with Crippen molar-refractivity contribution in [1.29, 1.82) is 0 Å². The highest BCUT2D eigenvalue weighted by molar-refractivity contribution is 7.17. The zero-order valence-corrected chi connectivity index (χ0v) is 12.2. The fraction of sp³-hybridized carbons (Fsp3) is 0.214. The second-order valence-electron chi connectivity index (χ2n) is 4.55. The van der Waals surface area contributed by atoms with Crippen LogP contribution in [0.25, 0.3) is 10.2 Å². The third-order valence-corrected chi connectivity index (χ3v) is 3.87. The molecule has 0 bridgehead atoms. The normalized spacial score (nSPS) is 11.0. The van der Waals surface area contributed by atoms with Crippen molar-refractivity contribution in [3.8, 4) is 0 Å². The van der Waals surface area contributed by atoms with Crippen LogP contribution in [0.3, 0.4) is 0 Å². The van der Waals surface area contributed by atoms with Crippen LogP contribution in [0.15, 0.2) is 26.7 Å². The van der Waals surface area contributed by atoms with E-state index in [4.69, 9.17) is 9.15 Å². The Balaban J connectivity index is 1.78. The molecule has 3 aromatic heterocycles. The van der Waals surface area contributed by atoms with Gasteiger partial charge in [-0.3, -0.25) is 4.79 Å². The quantitative estimate of drug-likeness (QED) is 0.752. The van der Waals surface area contributed by atoms with Crippen molar-refractivity contribution in [2.75, 3.05) is 0 Å². The molecule has 1 N–H and O–H groups in total. The first kappa shape index (κ1) is 13.6. The van der Waals surface area contributed by atoms with Gasteiger partial charge in [0.1, 0.15) is 34.2 Å². The summed E-state index contributed by atoms with van der Waals surface area (Å²) in [4.78, 5) is 30.6. The molecule has 108 valence electrons. The van der Waals surface area contributed by atoms with Gasteiger partial charge in [0, 0.05) is 0 Å². The number of nitrogens with zero attached hydrogens (tertiary/aromatic N) is 1. The van der Waals surface area contributed by atoms with Crippen LogP contribution in [0.5, 0.6) is 0 Å². The lowest BCUT2D eigenvalue weighted by molar-refractivity contribution is 0.0460. The van der Waals surface area contributed by atoms with E-state index in [1.807, 2.05) is 0 Å². The summed E-state index contributed by atoms with van der Waals surface area (Å²) in [5, 5.41) is 1.79. The number of carbonyl (C=O) groups excluding carboxylic acids is 1. The summed E-state index contributed by atoms with van der Waals surface area (Å²) in [6.45, 7) is 3.36. The van der Waals surface area contributed by atoms with Crippen molar-refractivity contribution in [2.24, 2.45) is 0 Å². The van der Waals surface area contributed by atoms with Gasteiger partial charge in [0.2, 0.25) is 0 Å².